The van der Waals surface area contributed by atoms with E-state index in [1.165, 1.54) is 38.5 Å². The van der Waals surface area contributed by atoms with Crippen molar-refractivity contribution in [1.82, 2.24) is 0 Å². The highest BCUT2D eigenvalue weighted by Crippen LogP contribution is 2.05. The molecule has 0 fully saturated rings. The number of ether oxygens (including phenoxy) is 2. The quantitative estimate of drug-likeness (QED) is 0.371. The highest BCUT2D eigenvalue weighted by molar-refractivity contribution is 4.94. The molecular weight excluding hydrogens is 248 g/mol. The molecule has 0 heterocycles. The van der Waals surface area contributed by atoms with Crippen LogP contribution in [0.1, 0.15) is 65.2 Å². The van der Waals surface area contributed by atoms with E-state index in [-0.39, 0.29) is 0 Å². The summed E-state index contributed by atoms with van der Waals surface area (Å²) < 4.78 is 11.0. The summed E-state index contributed by atoms with van der Waals surface area (Å²) in [5, 5.41) is 0. The predicted molar refractivity (Wildman–Crippen MR) is 85.5 cm³/mol. The summed E-state index contributed by atoms with van der Waals surface area (Å²) in [6.07, 6.45) is 9.22. The van der Waals surface area contributed by atoms with E-state index in [0.29, 0.717) is 0 Å². The van der Waals surface area contributed by atoms with Gasteiger partial charge in [0.05, 0.1) is 13.2 Å². The van der Waals surface area contributed by atoms with Gasteiger partial charge in [0.1, 0.15) is 0 Å². The molecule has 0 unspecified atom stereocenters. The summed E-state index contributed by atoms with van der Waals surface area (Å²) >= 11 is 0. The number of rotatable bonds is 13. The summed E-state index contributed by atoms with van der Waals surface area (Å²) in [6.45, 7) is 7.05. The van der Waals surface area contributed by atoms with Crippen molar-refractivity contribution in [3.63, 3.8) is 0 Å². The fourth-order valence-corrected chi connectivity index (χ4v) is 1.82. The standard InChI is InChI=1S/C18H30O2/c1-3-5-11-15-19-17-13-9-7-8-10-14-18-20-16-12-6-4-2/h7-18H2,1-2H3. The van der Waals surface area contributed by atoms with Gasteiger partial charge in [0.25, 0.3) is 0 Å². The molecule has 0 aromatic rings. The van der Waals surface area contributed by atoms with E-state index in [1.807, 2.05) is 13.8 Å². The zero-order chi connectivity index (χ0) is 14.7. The zero-order valence-electron chi connectivity index (χ0n) is 13.3. The van der Waals surface area contributed by atoms with Crippen molar-refractivity contribution in [2.45, 2.75) is 65.2 Å². The van der Waals surface area contributed by atoms with Gasteiger partial charge in [-0.1, -0.05) is 25.7 Å². The molecule has 114 valence electrons. The van der Waals surface area contributed by atoms with E-state index in [1.54, 1.807) is 0 Å². The first-order valence-electron chi connectivity index (χ1n) is 7.86. The molecule has 0 rings (SSSR count). The lowest BCUT2D eigenvalue weighted by Crippen LogP contribution is -1.97. The Morgan fingerprint density at radius 2 is 0.950 bits per heavy atom. The summed E-state index contributed by atoms with van der Waals surface area (Å²) in [5.41, 5.74) is 0. The first-order valence-corrected chi connectivity index (χ1v) is 7.86. The van der Waals surface area contributed by atoms with Crippen LogP contribution in [0.3, 0.4) is 0 Å². The molecule has 0 aliphatic carbocycles. The van der Waals surface area contributed by atoms with Crippen molar-refractivity contribution < 1.29 is 9.47 Å². The molecule has 20 heavy (non-hydrogen) atoms. The lowest BCUT2D eigenvalue weighted by Gasteiger charge is -2.03. The van der Waals surface area contributed by atoms with Crippen molar-refractivity contribution in [3.8, 4) is 23.7 Å². The van der Waals surface area contributed by atoms with Gasteiger partial charge in [-0.3, -0.25) is 0 Å². The number of hydrogen-bond donors (Lipinski definition) is 0. The van der Waals surface area contributed by atoms with Gasteiger partial charge in [0.15, 0.2) is 0 Å². The summed E-state index contributed by atoms with van der Waals surface area (Å²) in [4.78, 5) is 0. The van der Waals surface area contributed by atoms with Gasteiger partial charge in [0, 0.05) is 26.1 Å². The maximum Gasteiger partial charge on any atom is 0.0575 e. The SMILES string of the molecule is CC#CCCOCCCCCCCCOCCC#CC. The lowest BCUT2D eigenvalue weighted by atomic mass is 10.1. The minimum Gasteiger partial charge on any atom is -0.380 e. The Hall–Kier alpha value is -0.960. The summed E-state index contributed by atoms with van der Waals surface area (Å²) in [5.74, 6) is 11.7. The zero-order valence-corrected chi connectivity index (χ0v) is 13.3. The van der Waals surface area contributed by atoms with E-state index >= 15 is 0 Å². The topological polar surface area (TPSA) is 18.5 Å². The van der Waals surface area contributed by atoms with E-state index in [2.05, 4.69) is 23.7 Å². The van der Waals surface area contributed by atoms with Gasteiger partial charge in [0.2, 0.25) is 0 Å². The van der Waals surface area contributed by atoms with Gasteiger partial charge in [-0.2, -0.15) is 0 Å². The Balaban J connectivity index is 2.98. The first-order chi connectivity index (χ1) is 9.91. The predicted octanol–water partition coefficient (Wildman–Crippen LogP) is 4.19. The molecule has 2 nitrogen and oxygen atoms in total. The molecule has 0 saturated heterocycles. The van der Waals surface area contributed by atoms with Crippen molar-refractivity contribution in [2.24, 2.45) is 0 Å². The minimum atomic E-state index is 0.778. The number of unbranched alkanes of at least 4 members (excludes halogenated alkanes) is 5. The Kier molecular flexibility index (Phi) is 17.2. The fraction of sp³-hybridized carbons (Fsp3) is 0.778. The average molecular weight is 278 g/mol. The van der Waals surface area contributed by atoms with Crippen LogP contribution in [-0.4, -0.2) is 26.4 Å². The van der Waals surface area contributed by atoms with Crippen LogP contribution >= 0.6 is 0 Å². The van der Waals surface area contributed by atoms with Crippen LogP contribution in [0.2, 0.25) is 0 Å². The monoisotopic (exact) mass is 278 g/mol. The van der Waals surface area contributed by atoms with Crippen LogP contribution < -0.4 is 0 Å². The summed E-state index contributed by atoms with van der Waals surface area (Å²) in [6, 6.07) is 0. The van der Waals surface area contributed by atoms with Crippen molar-refractivity contribution in [2.75, 3.05) is 26.4 Å². The van der Waals surface area contributed by atoms with Crippen LogP contribution in [-0.2, 0) is 9.47 Å². The smallest absolute Gasteiger partial charge is 0.0575 e. The molecule has 2 heteroatoms. The summed E-state index contributed by atoms with van der Waals surface area (Å²) in [7, 11) is 0. The Labute approximate surface area is 125 Å². The number of hydrogen-bond acceptors (Lipinski definition) is 2. The third-order valence-electron chi connectivity index (χ3n) is 2.92. The van der Waals surface area contributed by atoms with Crippen molar-refractivity contribution in [1.29, 1.82) is 0 Å². The molecule has 0 saturated carbocycles. The van der Waals surface area contributed by atoms with Gasteiger partial charge in [-0.15, -0.1) is 23.7 Å². The fourth-order valence-electron chi connectivity index (χ4n) is 1.82. The highest BCUT2D eigenvalue weighted by atomic mass is 16.5. The Morgan fingerprint density at radius 3 is 1.35 bits per heavy atom. The van der Waals surface area contributed by atoms with Gasteiger partial charge < -0.3 is 9.47 Å². The van der Waals surface area contributed by atoms with Crippen LogP contribution in [0, 0.1) is 23.7 Å². The van der Waals surface area contributed by atoms with Gasteiger partial charge in [-0.25, -0.2) is 0 Å². The van der Waals surface area contributed by atoms with Crippen molar-refractivity contribution in [3.05, 3.63) is 0 Å². The molecule has 0 aromatic heterocycles. The molecule has 0 spiro atoms. The largest absolute Gasteiger partial charge is 0.380 e. The van der Waals surface area contributed by atoms with Gasteiger partial charge >= 0.3 is 0 Å². The van der Waals surface area contributed by atoms with Crippen LogP contribution in [0.4, 0.5) is 0 Å². The molecular formula is C18H30O2. The van der Waals surface area contributed by atoms with E-state index < -0.39 is 0 Å². The van der Waals surface area contributed by atoms with Crippen LogP contribution in [0.25, 0.3) is 0 Å². The first kappa shape index (κ1) is 19.0. The third kappa shape index (κ3) is 17.0. The molecule has 0 amide bonds. The maximum atomic E-state index is 5.49. The Bertz CT molecular complexity index is 269. The Morgan fingerprint density at radius 1 is 0.550 bits per heavy atom. The van der Waals surface area contributed by atoms with Crippen LogP contribution in [0.5, 0.6) is 0 Å². The van der Waals surface area contributed by atoms with Gasteiger partial charge in [-0.05, 0) is 26.7 Å². The third-order valence-corrected chi connectivity index (χ3v) is 2.92. The minimum absolute atomic E-state index is 0.778. The second-order valence-electron chi connectivity index (χ2n) is 4.70. The van der Waals surface area contributed by atoms with E-state index in [0.717, 1.165) is 39.3 Å². The lowest BCUT2D eigenvalue weighted by molar-refractivity contribution is 0.132. The highest BCUT2D eigenvalue weighted by Gasteiger charge is 1.93. The molecule has 0 aromatic carbocycles. The van der Waals surface area contributed by atoms with E-state index in [4.69, 9.17) is 9.47 Å². The van der Waals surface area contributed by atoms with Crippen LogP contribution in [0.15, 0.2) is 0 Å². The average Bonchev–Trinajstić information content (AvgIpc) is 2.47. The maximum absolute atomic E-state index is 5.49. The molecule has 0 radical (unpaired) electrons. The second-order valence-corrected chi connectivity index (χ2v) is 4.70. The molecule has 0 aliphatic heterocycles. The molecule has 0 atom stereocenters. The molecule has 0 bridgehead atoms. The van der Waals surface area contributed by atoms with Crippen molar-refractivity contribution >= 4 is 0 Å². The second kappa shape index (κ2) is 18.0. The van der Waals surface area contributed by atoms with E-state index in [9.17, 15) is 0 Å². The normalized spacial score (nSPS) is 9.50. The molecule has 0 N–H and O–H groups in total. The molecule has 0 aliphatic rings.